The van der Waals surface area contributed by atoms with Gasteiger partial charge in [0.05, 0.1) is 12.5 Å². The minimum absolute atomic E-state index is 0.255. The van der Waals surface area contributed by atoms with E-state index < -0.39 is 17.5 Å². The highest BCUT2D eigenvalue weighted by Crippen LogP contribution is 2.14. The molecule has 0 aliphatic carbocycles. The van der Waals surface area contributed by atoms with Crippen LogP contribution >= 0.6 is 0 Å². The molecule has 0 amide bonds. The summed E-state index contributed by atoms with van der Waals surface area (Å²) in [4.78, 5) is 0. The lowest BCUT2D eigenvalue weighted by Crippen LogP contribution is -1.94. The summed E-state index contributed by atoms with van der Waals surface area (Å²) in [6.07, 6.45) is -0.333. The van der Waals surface area contributed by atoms with Crippen LogP contribution in [0.3, 0.4) is 0 Å². The van der Waals surface area contributed by atoms with Gasteiger partial charge in [-0.3, -0.25) is 0 Å². The van der Waals surface area contributed by atoms with Crippen LogP contribution in [-0.4, -0.2) is 0 Å². The zero-order valence-electron chi connectivity index (χ0n) is 5.94. The summed E-state index contributed by atoms with van der Waals surface area (Å²) in [6.45, 7) is 0. The van der Waals surface area contributed by atoms with Crippen LogP contribution in [0.2, 0.25) is 0 Å². The van der Waals surface area contributed by atoms with Crippen molar-refractivity contribution in [3.8, 4) is 6.07 Å². The third-order valence-electron chi connectivity index (χ3n) is 1.34. The second-order valence-corrected chi connectivity index (χ2v) is 2.20. The molecule has 0 heterocycles. The molecule has 0 atom stereocenters. The molecule has 0 aromatic heterocycles. The first-order valence-corrected chi connectivity index (χ1v) is 3.15. The molecule has 12 heavy (non-hydrogen) atoms. The highest BCUT2D eigenvalue weighted by Gasteiger charge is 2.09. The maximum absolute atomic E-state index is 12.7. The van der Waals surface area contributed by atoms with Gasteiger partial charge in [0.15, 0.2) is 11.6 Å². The standard InChI is InChI=1S/C8H4F3N/c9-6-3-5(1-2-12)8(11)7(10)4-6/h3-4H,1H2. The van der Waals surface area contributed by atoms with Crippen LogP contribution < -0.4 is 0 Å². The third kappa shape index (κ3) is 1.56. The summed E-state index contributed by atoms with van der Waals surface area (Å²) in [5, 5.41) is 8.16. The van der Waals surface area contributed by atoms with Gasteiger partial charge in [0.25, 0.3) is 0 Å². The smallest absolute Gasteiger partial charge is 0.163 e. The average molecular weight is 171 g/mol. The van der Waals surface area contributed by atoms with Gasteiger partial charge in [-0.2, -0.15) is 5.26 Å². The molecule has 4 heteroatoms. The monoisotopic (exact) mass is 171 g/mol. The topological polar surface area (TPSA) is 23.8 Å². The fourth-order valence-electron chi connectivity index (χ4n) is 0.823. The van der Waals surface area contributed by atoms with Crippen molar-refractivity contribution in [1.82, 2.24) is 0 Å². The van der Waals surface area contributed by atoms with E-state index in [4.69, 9.17) is 5.26 Å². The molecule has 0 aliphatic heterocycles. The Bertz CT molecular complexity index is 341. The second-order valence-electron chi connectivity index (χ2n) is 2.20. The van der Waals surface area contributed by atoms with E-state index in [1.807, 2.05) is 0 Å². The molecule has 0 unspecified atom stereocenters. The lowest BCUT2D eigenvalue weighted by Gasteiger charge is -1.98. The summed E-state index contributed by atoms with van der Waals surface area (Å²) < 4.78 is 37.5. The number of halogens is 3. The van der Waals surface area contributed by atoms with Gasteiger partial charge in [0, 0.05) is 11.6 Å². The van der Waals surface area contributed by atoms with Crippen molar-refractivity contribution in [2.24, 2.45) is 0 Å². The van der Waals surface area contributed by atoms with E-state index in [1.54, 1.807) is 6.07 Å². The van der Waals surface area contributed by atoms with Crippen LogP contribution in [0, 0.1) is 28.8 Å². The SMILES string of the molecule is N#CCc1cc(F)cc(F)c1F. The van der Waals surface area contributed by atoms with Gasteiger partial charge in [-0.1, -0.05) is 0 Å². The molecule has 1 nitrogen and oxygen atoms in total. The minimum atomic E-state index is -1.26. The molecule has 0 fully saturated rings. The Morgan fingerprint density at radius 1 is 1.25 bits per heavy atom. The Morgan fingerprint density at radius 2 is 1.92 bits per heavy atom. The van der Waals surface area contributed by atoms with E-state index in [0.717, 1.165) is 6.07 Å². The van der Waals surface area contributed by atoms with Crippen molar-refractivity contribution in [1.29, 1.82) is 5.26 Å². The van der Waals surface area contributed by atoms with Gasteiger partial charge in [-0.05, 0) is 6.07 Å². The van der Waals surface area contributed by atoms with Gasteiger partial charge in [0.2, 0.25) is 0 Å². The van der Waals surface area contributed by atoms with Crippen molar-refractivity contribution in [3.05, 3.63) is 35.1 Å². The van der Waals surface area contributed by atoms with Gasteiger partial charge >= 0.3 is 0 Å². The molecule has 0 aliphatic rings. The van der Waals surface area contributed by atoms with Crippen molar-refractivity contribution in [3.63, 3.8) is 0 Å². The summed E-state index contributed by atoms with van der Waals surface area (Å²) in [7, 11) is 0. The van der Waals surface area contributed by atoms with E-state index >= 15 is 0 Å². The van der Waals surface area contributed by atoms with Gasteiger partial charge in [-0.25, -0.2) is 13.2 Å². The molecule has 62 valence electrons. The lowest BCUT2D eigenvalue weighted by atomic mass is 10.1. The zero-order chi connectivity index (χ0) is 9.14. The Kier molecular flexibility index (Phi) is 2.34. The largest absolute Gasteiger partial charge is 0.207 e. The average Bonchev–Trinajstić information content (AvgIpc) is 2.00. The van der Waals surface area contributed by atoms with E-state index in [0.29, 0.717) is 6.07 Å². The molecular formula is C8H4F3N. The van der Waals surface area contributed by atoms with Crippen LogP contribution in [0.1, 0.15) is 5.56 Å². The number of hydrogen-bond acceptors (Lipinski definition) is 1. The number of rotatable bonds is 1. The third-order valence-corrected chi connectivity index (χ3v) is 1.34. The molecule has 0 spiro atoms. The first kappa shape index (κ1) is 8.60. The van der Waals surface area contributed by atoms with Crippen molar-refractivity contribution in [2.75, 3.05) is 0 Å². The Labute approximate surface area is 67.1 Å². The van der Waals surface area contributed by atoms with Crippen LogP contribution in [0.15, 0.2) is 12.1 Å². The number of benzene rings is 1. The summed E-state index contributed by atoms with van der Waals surface area (Å²) in [5.74, 6) is -3.29. The zero-order valence-corrected chi connectivity index (χ0v) is 5.94. The van der Waals surface area contributed by atoms with E-state index in [9.17, 15) is 13.2 Å². The lowest BCUT2D eigenvalue weighted by molar-refractivity contribution is 0.487. The van der Waals surface area contributed by atoms with Crippen LogP contribution in [-0.2, 0) is 6.42 Å². The fraction of sp³-hybridized carbons (Fsp3) is 0.125. The van der Waals surface area contributed by atoms with Gasteiger partial charge in [-0.15, -0.1) is 0 Å². The Balaban J connectivity index is 3.20. The molecule has 0 N–H and O–H groups in total. The van der Waals surface area contributed by atoms with Crippen molar-refractivity contribution >= 4 is 0 Å². The molecule has 0 radical (unpaired) electrons. The summed E-state index contributed by atoms with van der Waals surface area (Å²) >= 11 is 0. The maximum atomic E-state index is 12.7. The number of hydrogen-bond donors (Lipinski definition) is 0. The van der Waals surface area contributed by atoms with Crippen molar-refractivity contribution < 1.29 is 13.2 Å². The van der Waals surface area contributed by atoms with Crippen LogP contribution in [0.4, 0.5) is 13.2 Å². The van der Waals surface area contributed by atoms with Crippen LogP contribution in [0.25, 0.3) is 0 Å². The molecule has 0 bridgehead atoms. The van der Waals surface area contributed by atoms with Crippen LogP contribution in [0.5, 0.6) is 0 Å². The first-order valence-electron chi connectivity index (χ1n) is 3.15. The van der Waals surface area contributed by atoms with E-state index in [2.05, 4.69) is 0 Å². The number of nitrogens with zero attached hydrogens (tertiary/aromatic N) is 1. The maximum Gasteiger partial charge on any atom is 0.163 e. The summed E-state index contributed by atoms with van der Waals surface area (Å²) in [5.41, 5.74) is -0.255. The van der Waals surface area contributed by atoms with Gasteiger partial charge in [0.1, 0.15) is 5.82 Å². The van der Waals surface area contributed by atoms with Crippen molar-refractivity contribution in [2.45, 2.75) is 6.42 Å². The highest BCUT2D eigenvalue weighted by molar-refractivity contribution is 5.22. The normalized spacial score (nSPS) is 9.50. The highest BCUT2D eigenvalue weighted by atomic mass is 19.2. The molecule has 0 saturated heterocycles. The Morgan fingerprint density at radius 3 is 2.50 bits per heavy atom. The quantitative estimate of drug-likeness (QED) is 0.594. The first-order chi connectivity index (χ1) is 5.65. The molecule has 1 aromatic rings. The minimum Gasteiger partial charge on any atom is -0.207 e. The van der Waals surface area contributed by atoms with Gasteiger partial charge < -0.3 is 0 Å². The fourth-order valence-corrected chi connectivity index (χ4v) is 0.823. The molecule has 0 saturated carbocycles. The number of nitriles is 1. The molecular weight excluding hydrogens is 167 g/mol. The van der Waals surface area contributed by atoms with E-state index in [1.165, 1.54) is 0 Å². The Hall–Kier alpha value is -1.50. The molecule has 1 aromatic carbocycles. The molecule has 1 rings (SSSR count). The predicted molar refractivity (Wildman–Crippen MR) is 35.6 cm³/mol. The van der Waals surface area contributed by atoms with E-state index in [-0.39, 0.29) is 12.0 Å². The predicted octanol–water partition coefficient (Wildman–Crippen LogP) is 2.17. The summed E-state index contributed by atoms with van der Waals surface area (Å²) in [6, 6.07) is 2.85. The second kappa shape index (κ2) is 3.26.